The Hall–Kier alpha value is -0.910. The highest BCUT2D eigenvalue weighted by atomic mass is 16.4. The third kappa shape index (κ3) is 13.2. The number of rotatable bonds is 15. The van der Waals surface area contributed by atoms with Crippen LogP contribution in [0.2, 0.25) is 0 Å². The van der Waals surface area contributed by atoms with E-state index < -0.39 is 24.3 Å². The lowest BCUT2D eigenvalue weighted by atomic mass is 10.0. The molecular weight excluding hydrogens is 296 g/mol. The van der Waals surface area contributed by atoms with Crippen LogP contribution >= 0.6 is 0 Å². The maximum absolute atomic E-state index is 10.3. The van der Waals surface area contributed by atoms with Gasteiger partial charge in [0.05, 0.1) is 6.10 Å². The van der Waals surface area contributed by atoms with E-state index in [1.807, 2.05) is 6.08 Å². The van der Waals surface area contributed by atoms with Crippen LogP contribution in [0, 0.1) is 0 Å². The van der Waals surface area contributed by atoms with Crippen molar-refractivity contribution in [1.29, 1.82) is 0 Å². The Kier molecular flexibility index (Phi) is 14.1. The van der Waals surface area contributed by atoms with E-state index >= 15 is 0 Å². The van der Waals surface area contributed by atoms with Crippen LogP contribution in [0.1, 0.15) is 77.6 Å². The van der Waals surface area contributed by atoms with E-state index in [0.717, 1.165) is 57.8 Å². The summed E-state index contributed by atoms with van der Waals surface area (Å²) < 4.78 is 0. The highest BCUT2D eigenvalue weighted by Gasteiger charge is 2.21. The minimum atomic E-state index is -1.13. The number of aliphatic carboxylic acids is 1. The van der Waals surface area contributed by atoms with E-state index in [0.29, 0.717) is 6.42 Å². The number of hydrogen-bond donors (Lipinski definition) is 4. The predicted molar refractivity (Wildman–Crippen MR) is 91.3 cm³/mol. The lowest BCUT2D eigenvalue weighted by Crippen LogP contribution is -2.36. The summed E-state index contributed by atoms with van der Waals surface area (Å²) in [6.45, 7) is 2.08. The van der Waals surface area contributed by atoms with Crippen molar-refractivity contribution in [2.75, 3.05) is 0 Å². The van der Waals surface area contributed by atoms with Crippen molar-refractivity contribution in [2.45, 2.75) is 95.9 Å². The highest BCUT2D eigenvalue weighted by molar-refractivity contribution is 5.66. The number of carboxylic acids is 1. The Morgan fingerprint density at radius 3 is 2.26 bits per heavy atom. The number of hydrogen-bond acceptors (Lipinski definition) is 4. The van der Waals surface area contributed by atoms with Crippen LogP contribution in [0.5, 0.6) is 0 Å². The average molecular weight is 330 g/mol. The molecule has 3 atom stereocenters. The molecule has 0 unspecified atom stereocenters. The molecule has 0 saturated heterocycles. The Morgan fingerprint density at radius 2 is 1.61 bits per heavy atom. The summed E-state index contributed by atoms with van der Waals surface area (Å²) in [5, 5.41) is 38.0. The van der Waals surface area contributed by atoms with Crippen molar-refractivity contribution in [3.8, 4) is 0 Å². The third-order valence-electron chi connectivity index (χ3n) is 3.94. The molecule has 0 heterocycles. The van der Waals surface area contributed by atoms with Gasteiger partial charge in [0, 0.05) is 6.42 Å². The SMILES string of the molecule is CCCCC[C@H](O)[C@H](O)[C@H](O)/C=C\CCCCCCCC(=O)O. The van der Waals surface area contributed by atoms with Gasteiger partial charge in [0.15, 0.2) is 0 Å². The van der Waals surface area contributed by atoms with Crippen LogP contribution in [0.3, 0.4) is 0 Å². The van der Waals surface area contributed by atoms with Crippen LogP contribution in [0.25, 0.3) is 0 Å². The molecule has 0 aliphatic heterocycles. The Morgan fingerprint density at radius 1 is 0.957 bits per heavy atom. The Balaban J connectivity index is 3.66. The van der Waals surface area contributed by atoms with Gasteiger partial charge in [-0.2, -0.15) is 0 Å². The molecule has 23 heavy (non-hydrogen) atoms. The van der Waals surface area contributed by atoms with E-state index in [4.69, 9.17) is 5.11 Å². The standard InChI is InChI=1S/C18H34O5/c1-2-3-9-12-15(19)18(23)16(20)13-10-7-5-4-6-8-11-14-17(21)22/h10,13,15-16,18-20,23H,2-9,11-12,14H2,1H3,(H,21,22)/b13-10-/t15-,16+,18-/m0/s1. The summed E-state index contributed by atoms with van der Waals surface area (Å²) in [5.74, 6) is -0.739. The summed E-state index contributed by atoms with van der Waals surface area (Å²) >= 11 is 0. The zero-order valence-corrected chi connectivity index (χ0v) is 14.4. The summed E-state index contributed by atoms with van der Waals surface area (Å²) in [4.78, 5) is 10.3. The second-order valence-corrected chi connectivity index (χ2v) is 6.17. The molecule has 5 heteroatoms. The number of aliphatic hydroxyl groups is 3. The average Bonchev–Trinajstić information content (AvgIpc) is 2.52. The molecule has 0 fully saturated rings. The van der Waals surface area contributed by atoms with E-state index in [1.165, 1.54) is 0 Å². The number of carbonyl (C=O) groups is 1. The predicted octanol–water partition coefficient (Wildman–Crippen LogP) is 3.02. The fourth-order valence-electron chi connectivity index (χ4n) is 2.42. The van der Waals surface area contributed by atoms with E-state index in [-0.39, 0.29) is 6.42 Å². The van der Waals surface area contributed by atoms with Gasteiger partial charge in [-0.05, 0) is 25.7 Å². The number of aliphatic hydroxyl groups excluding tert-OH is 3. The lowest BCUT2D eigenvalue weighted by Gasteiger charge is -2.20. The molecule has 0 aliphatic rings. The summed E-state index contributed by atoms with van der Waals surface area (Å²) in [5.41, 5.74) is 0. The van der Waals surface area contributed by atoms with Crippen molar-refractivity contribution in [3.05, 3.63) is 12.2 Å². The molecule has 0 aromatic rings. The topological polar surface area (TPSA) is 98.0 Å². The monoisotopic (exact) mass is 330 g/mol. The Bertz CT molecular complexity index is 317. The second kappa shape index (κ2) is 14.7. The van der Waals surface area contributed by atoms with Gasteiger partial charge in [-0.15, -0.1) is 0 Å². The summed E-state index contributed by atoms with van der Waals surface area (Å²) in [6, 6.07) is 0. The fourth-order valence-corrected chi connectivity index (χ4v) is 2.42. The molecule has 0 spiro atoms. The maximum Gasteiger partial charge on any atom is 0.303 e. The first-order valence-corrected chi connectivity index (χ1v) is 8.91. The van der Waals surface area contributed by atoms with E-state index in [9.17, 15) is 20.1 Å². The normalized spacial score (nSPS) is 15.7. The van der Waals surface area contributed by atoms with Crippen LogP contribution in [0.4, 0.5) is 0 Å². The van der Waals surface area contributed by atoms with Gasteiger partial charge in [-0.25, -0.2) is 0 Å². The fraction of sp³-hybridized carbons (Fsp3) is 0.833. The van der Waals surface area contributed by atoms with Gasteiger partial charge >= 0.3 is 5.97 Å². The molecule has 5 nitrogen and oxygen atoms in total. The first kappa shape index (κ1) is 22.1. The second-order valence-electron chi connectivity index (χ2n) is 6.17. The molecule has 0 aromatic heterocycles. The minimum absolute atomic E-state index is 0.241. The number of allylic oxidation sites excluding steroid dienone is 1. The van der Waals surface area contributed by atoms with Crippen LogP contribution in [-0.2, 0) is 4.79 Å². The zero-order chi connectivity index (χ0) is 17.5. The molecule has 4 N–H and O–H groups in total. The van der Waals surface area contributed by atoms with Gasteiger partial charge < -0.3 is 20.4 Å². The van der Waals surface area contributed by atoms with Crippen LogP contribution < -0.4 is 0 Å². The molecule has 0 bridgehead atoms. The molecule has 0 saturated carbocycles. The zero-order valence-electron chi connectivity index (χ0n) is 14.4. The molecule has 0 aromatic carbocycles. The van der Waals surface area contributed by atoms with E-state index in [2.05, 4.69) is 6.92 Å². The van der Waals surface area contributed by atoms with Gasteiger partial charge in [0.25, 0.3) is 0 Å². The van der Waals surface area contributed by atoms with Crippen LogP contribution in [-0.4, -0.2) is 44.7 Å². The van der Waals surface area contributed by atoms with Crippen molar-refractivity contribution in [2.24, 2.45) is 0 Å². The van der Waals surface area contributed by atoms with Gasteiger partial charge in [0.2, 0.25) is 0 Å². The minimum Gasteiger partial charge on any atom is -0.481 e. The molecule has 136 valence electrons. The molecule has 0 rings (SSSR count). The highest BCUT2D eigenvalue weighted by Crippen LogP contribution is 2.12. The molecule has 0 radical (unpaired) electrons. The number of unbranched alkanes of at least 4 members (excludes halogenated alkanes) is 7. The maximum atomic E-state index is 10.3. The molecule has 0 aliphatic carbocycles. The first-order chi connectivity index (χ1) is 11.0. The first-order valence-electron chi connectivity index (χ1n) is 8.91. The molecule has 0 amide bonds. The number of carboxylic acid groups (broad SMARTS) is 1. The summed E-state index contributed by atoms with van der Waals surface area (Å²) in [7, 11) is 0. The van der Waals surface area contributed by atoms with E-state index in [1.54, 1.807) is 6.08 Å². The van der Waals surface area contributed by atoms with Crippen molar-refractivity contribution < 1.29 is 25.2 Å². The van der Waals surface area contributed by atoms with Crippen molar-refractivity contribution in [3.63, 3.8) is 0 Å². The van der Waals surface area contributed by atoms with Gasteiger partial charge in [-0.1, -0.05) is 57.6 Å². The van der Waals surface area contributed by atoms with Crippen molar-refractivity contribution >= 4 is 5.97 Å². The smallest absolute Gasteiger partial charge is 0.303 e. The van der Waals surface area contributed by atoms with Gasteiger partial charge in [0.1, 0.15) is 12.2 Å². The summed E-state index contributed by atoms with van der Waals surface area (Å²) in [6.07, 6.45) is 9.54. The lowest BCUT2D eigenvalue weighted by molar-refractivity contribution is -0.137. The largest absolute Gasteiger partial charge is 0.481 e. The molecular formula is C18H34O5. The van der Waals surface area contributed by atoms with Crippen LogP contribution in [0.15, 0.2) is 12.2 Å². The third-order valence-corrected chi connectivity index (χ3v) is 3.94. The quantitative estimate of drug-likeness (QED) is 0.273. The van der Waals surface area contributed by atoms with Gasteiger partial charge in [-0.3, -0.25) is 4.79 Å². The Labute approximate surface area is 140 Å². The van der Waals surface area contributed by atoms with Crippen molar-refractivity contribution in [1.82, 2.24) is 0 Å².